The van der Waals surface area contributed by atoms with Crippen molar-refractivity contribution in [2.45, 2.75) is 72.1 Å². The third-order valence-electron chi connectivity index (χ3n) is 9.15. The van der Waals surface area contributed by atoms with Crippen LogP contribution < -0.4 is 0 Å². The first kappa shape index (κ1) is 27.4. The van der Waals surface area contributed by atoms with Gasteiger partial charge in [0.2, 0.25) is 0 Å². The van der Waals surface area contributed by atoms with Crippen LogP contribution in [0.25, 0.3) is 0 Å². The monoisotopic (exact) mass is 538 g/mol. The van der Waals surface area contributed by atoms with Crippen LogP contribution in [-0.2, 0) is 0 Å². The molecule has 0 amide bonds. The normalized spacial score (nSPS) is 20.4. The number of rotatable bonds is 0. The molecular formula is C35H38O5. The highest BCUT2D eigenvalue weighted by Crippen LogP contribution is 2.46. The van der Waals surface area contributed by atoms with Gasteiger partial charge in [0.25, 0.3) is 0 Å². The highest BCUT2D eigenvalue weighted by atomic mass is 16.3. The van der Waals surface area contributed by atoms with Gasteiger partial charge in [-0.3, -0.25) is 0 Å². The first-order valence-electron chi connectivity index (χ1n) is 13.9. The Balaban J connectivity index is 1.88. The summed E-state index contributed by atoms with van der Waals surface area (Å²) in [6, 6.07) is 14.5. The highest BCUT2D eigenvalue weighted by molar-refractivity contribution is 5.59. The van der Waals surface area contributed by atoms with Gasteiger partial charge in [0, 0.05) is 63.6 Å². The van der Waals surface area contributed by atoms with Crippen molar-refractivity contribution in [2.75, 3.05) is 0 Å². The van der Waals surface area contributed by atoms with Crippen molar-refractivity contribution >= 4 is 0 Å². The quantitative estimate of drug-likeness (QED) is 0.156. The lowest BCUT2D eigenvalue weighted by atomic mass is 9.79. The third kappa shape index (κ3) is 4.34. The van der Waals surface area contributed by atoms with E-state index >= 15 is 0 Å². The van der Waals surface area contributed by atoms with E-state index in [9.17, 15) is 25.5 Å². The van der Waals surface area contributed by atoms with Gasteiger partial charge in [-0.15, -0.1) is 0 Å². The molecule has 4 aromatic carbocycles. The van der Waals surface area contributed by atoms with E-state index in [1.165, 1.54) is 12.1 Å². The zero-order chi connectivity index (χ0) is 29.2. The Morgan fingerprint density at radius 1 is 0.325 bits per heavy atom. The summed E-state index contributed by atoms with van der Waals surface area (Å²) in [7, 11) is 0. The molecule has 0 saturated heterocycles. The molecule has 5 rings (SSSR count). The van der Waals surface area contributed by atoms with E-state index in [2.05, 4.69) is 32.9 Å². The Hall–Kier alpha value is -4.12. The van der Waals surface area contributed by atoms with Crippen molar-refractivity contribution in [3.05, 3.63) is 110 Å². The van der Waals surface area contributed by atoms with Crippen LogP contribution in [0, 0.1) is 20.8 Å². The minimum atomic E-state index is -0.385. The summed E-state index contributed by atoms with van der Waals surface area (Å²) in [6.07, 6.45) is 0. The van der Waals surface area contributed by atoms with E-state index in [0.29, 0.717) is 22.3 Å². The second kappa shape index (κ2) is 9.81. The number of hydrogen-bond acceptors (Lipinski definition) is 5. The van der Waals surface area contributed by atoms with Crippen LogP contribution in [-0.4, -0.2) is 25.5 Å². The van der Waals surface area contributed by atoms with Gasteiger partial charge in [-0.05, 0) is 72.4 Å². The van der Waals surface area contributed by atoms with Crippen LogP contribution in [0.5, 0.6) is 28.7 Å². The summed E-state index contributed by atoms with van der Waals surface area (Å²) in [4.78, 5) is 0. The SMILES string of the molecule is Cc1cc(C)c2cc1C(C)c1cc(c(O)cc1O)C(C)c1cc(c(O)cc1C)C(C)c1cc(c(O)cc1O)C2C. The summed E-state index contributed by atoms with van der Waals surface area (Å²) in [5, 5.41) is 54.9. The van der Waals surface area contributed by atoms with Gasteiger partial charge in [0.05, 0.1) is 0 Å². The lowest BCUT2D eigenvalue weighted by Gasteiger charge is -2.26. The van der Waals surface area contributed by atoms with Crippen LogP contribution >= 0.6 is 0 Å². The van der Waals surface area contributed by atoms with Gasteiger partial charge < -0.3 is 25.5 Å². The molecule has 0 heterocycles. The van der Waals surface area contributed by atoms with E-state index in [1.807, 2.05) is 45.9 Å². The molecule has 5 heteroatoms. The largest absolute Gasteiger partial charge is 0.508 e. The summed E-state index contributed by atoms with van der Waals surface area (Å²) in [5.74, 6) is -0.855. The maximum atomic E-state index is 11.0. The molecule has 8 bridgehead atoms. The number of hydrogen-bond donors (Lipinski definition) is 5. The standard InChI is InChI=1S/C35H38O5/c1-16-8-17(2)24-10-23(16)19(4)27-12-28(33(38)14-32(27)37)21(6)25-11-26(31(36)9-18(25)3)22(7)30-13-29(20(24)5)34(39)15-35(30)40/h8-15,19-22,36-40H,1-7H3. The summed E-state index contributed by atoms with van der Waals surface area (Å²) >= 11 is 0. The van der Waals surface area contributed by atoms with Crippen LogP contribution in [0.1, 0.15) is 113 Å². The molecule has 0 saturated carbocycles. The number of phenols is 5. The van der Waals surface area contributed by atoms with Gasteiger partial charge in [-0.2, -0.15) is 0 Å². The number of fused-ring (bicyclic) bond motifs is 8. The second-order valence-electron chi connectivity index (χ2n) is 11.7. The van der Waals surface area contributed by atoms with Crippen LogP contribution in [0.15, 0.2) is 48.5 Å². The van der Waals surface area contributed by atoms with Crippen LogP contribution in [0.3, 0.4) is 0 Å². The molecule has 4 atom stereocenters. The van der Waals surface area contributed by atoms with E-state index in [-0.39, 0.29) is 52.4 Å². The fourth-order valence-corrected chi connectivity index (χ4v) is 6.64. The smallest absolute Gasteiger partial charge is 0.123 e. The molecule has 0 radical (unpaired) electrons. The number of phenolic OH excluding ortho intramolecular Hbond substituents is 5. The summed E-state index contributed by atoms with van der Waals surface area (Å²) in [5.41, 5.74) is 9.38. The van der Waals surface area contributed by atoms with Crippen molar-refractivity contribution in [1.82, 2.24) is 0 Å². The van der Waals surface area contributed by atoms with Gasteiger partial charge >= 0.3 is 0 Å². The predicted molar refractivity (Wildman–Crippen MR) is 158 cm³/mol. The molecule has 5 N–H and O–H groups in total. The molecule has 0 aromatic heterocycles. The Kier molecular flexibility index (Phi) is 6.73. The summed E-state index contributed by atoms with van der Waals surface area (Å²) < 4.78 is 0. The molecule has 208 valence electrons. The molecule has 0 aliphatic heterocycles. The Morgan fingerprint density at radius 2 is 0.550 bits per heavy atom. The Labute approximate surface area is 236 Å². The zero-order valence-corrected chi connectivity index (χ0v) is 24.2. The third-order valence-corrected chi connectivity index (χ3v) is 9.15. The maximum Gasteiger partial charge on any atom is 0.123 e. The van der Waals surface area contributed by atoms with E-state index in [0.717, 1.165) is 38.9 Å². The molecule has 1 aliphatic carbocycles. The first-order valence-corrected chi connectivity index (χ1v) is 13.9. The first-order chi connectivity index (χ1) is 18.8. The zero-order valence-electron chi connectivity index (χ0n) is 24.2. The van der Waals surface area contributed by atoms with Gasteiger partial charge in [0.15, 0.2) is 0 Å². The van der Waals surface area contributed by atoms with Gasteiger partial charge in [-0.25, -0.2) is 0 Å². The highest BCUT2D eigenvalue weighted by Gasteiger charge is 2.27. The van der Waals surface area contributed by atoms with E-state index < -0.39 is 0 Å². The van der Waals surface area contributed by atoms with Crippen molar-refractivity contribution in [3.8, 4) is 28.7 Å². The van der Waals surface area contributed by atoms with Crippen LogP contribution in [0.4, 0.5) is 0 Å². The average molecular weight is 539 g/mol. The molecule has 5 nitrogen and oxygen atoms in total. The van der Waals surface area contributed by atoms with E-state index in [1.54, 1.807) is 6.07 Å². The Morgan fingerprint density at radius 3 is 0.900 bits per heavy atom. The molecule has 0 spiro atoms. The number of aryl methyl sites for hydroxylation is 3. The second-order valence-corrected chi connectivity index (χ2v) is 11.7. The molecule has 4 aromatic rings. The van der Waals surface area contributed by atoms with E-state index in [4.69, 9.17) is 0 Å². The maximum absolute atomic E-state index is 11.0. The molecule has 40 heavy (non-hydrogen) atoms. The van der Waals surface area contributed by atoms with Gasteiger partial charge in [0.1, 0.15) is 28.7 Å². The lowest BCUT2D eigenvalue weighted by Crippen LogP contribution is -2.09. The minimum absolute atomic E-state index is 0.0138. The fraction of sp³-hybridized carbons (Fsp3) is 0.314. The topological polar surface area (TPSA) is 101 Å². The number of benzene rings is 4. The lowest BCUT2D eigenvalue weighted by molar-refractivity contribution is 0.437. The van der Waals surface area contributed by atoms with Crippen molar-refractivity contribution < 1.29 is 25.5 Å². The minimum Gasteiger partial charge on any atom is -0.508 e. The molecule has 4 unspecified atom stereocenters. The van der Waals surface area contributed by atoms with Crippen molar-refractivity contribution in [3.63, 3.8) is 0 Å². The molecule has 1 aliphatic rings. The predicted octanol–water partition coefficient (Wildman–Crippen LogP) is 8.06. The fourth-order valence-electron chi connectivity index (χ4n) is 6.64. The summed E-state index contributed by atoms with van der Waals surface area (Å²) in [6.45, 7) is 14.1. The average Bonchev–Trinajstić information content (AvgIpc) is 2.87. The van der Waals surface area contributed by atoms with Crippen molar-refractivity contribution in [1.29, 1.82) is 0 Å². The Bertz CT molecular complexity index is 1300. The number of aromatic hydroxyl groups is 5. The molecule has 0 fully saturated rings. The van der Waals surface area contributed by atoms with Gasteiger partial charge in [-0.1, -0.05) is 45.9 Å². The molecular weight excluding hydrogens is 500 g/mol. The van der Waals surface area contributed by atoms with Crippen molar-refractivity contribution in [2.24, 2.45) is 0 Å². The van der Waals surface area contributed by atoms with Crippen LogP contribution in [0.2, 0.25) is 0 Å².